The van der Waals surface area contributed by atoms with Crippen LogP contribution in [0.25, 0.3) is 0 Å². The predicted molar refractivity (Wildman–Crippen MR) is 68.6 cm³/mol. The first kappa shape index (κ1) is 18.3. The third-order valence-corrected chi connectivity index (χ3v) is 2.15. The Balaban J connectivity index is 0. The fourth-order valence-electron chi connectivity index (χ4n) is 1.17. The monoisotopic (exact) mass is 244 g/mol. The number of nitrogens with zero attached hydrogens (tertiary/aromatic N) is 4. The molecule has 0 saturated carbocycles. The molecular formula is C14H20N4. The van der Waals surface area contributed by atoms with Gasteiger partial charge in [-0.05, 0) is 25.7 Å². The van der Waals surface area contributed by atoms with E-state index in [1.54, 1.807) is 0 Å². The van der Waals surface area contributed by atoms with E-state index in [4.69, 9.17) is 21.0 Å². The van der Waals surface area contributed by atoms with Gasteiger partial charge in [0, 0.05) is 25.7 Å². The van der Waals surface area contributed by atoms with Crippen LogP contribution in [0.15, 0.2) is 0 Å². The smallest absolute Gasteiger partial charge is 0.0621 e. The Morgan fingerprint density at radius 3 is 0.778 bits per heavy atom. The SMILES string of the molecule is N#CCCCCCC#N.N#CCCCCCC#N. The molecular weight excluding hydrogens is 224 g/mol. The Labute approximate surface area is 110 Å². The van der Waals surface area contributed by atoms with Crippen LogP contribution in [0.1, 0.15) is 64.2 Å². The molecule has 0 heterocycles. The van der Waals surface area contributed by atoms with Crippen molar-refractivity contribution in [1.29, 1.82) is 21.0 Å². The quantitative estimate of drug-likeness (QED) is 0.603. The molecule has 0 aromatic heterocycles. The van der Waals surface area contributed by atoms with E-state index in [-0.39, 0.29) is 0 Å². The summed E-state index contributed by atoms with van der Waals surface area (Å²) in [6, 6.07) is 8.25. The van der Waals surface area contributed by atoms with Crippen molar-refractivity contribution in [1.82, 2.24) is 0 Å². The van der Waals surface area contributed by atoms with Gasteiger partial charge in [0.2, 0.25) is 0 Å². The molecule has 0 aromatic carbocycles. The van der Waals surface area contributed by atoms with E-state index in [2.05, 4.69) is 24.3 Å². The van der Waals surface area contributed by atoms with Gasteiger partial charge in [-0.15, -0.1) is 0 Å². The van der Waals surface area contributed by atoms with Crippen LogP contribution in [0.2, 0.25) is 0 Å². The van der Waals surface area contributed by atoms with Gasteiger partial charge in [0.15, 0.2) is 0 Å². The fourth-order valence-corrected chi connectivity index (χ4v) is 1.17. The van der Waals surface area contributed by atoms with E-state index in [1.807, 2.05) is 0 Å². The molecule has 0 saturated heterocycles. The summed E-state index contributed by atoms with van der Waals surface area (Å²) in [7, 11) is 0. The molecule has 0 aromatic rings. The second-order valence-electron chi connectivity index (χ2n) is 3.75. The van der Waals surface area contributed by atoms with Crippen molar-refractivity contribution in [2.45, 2.75) is 64.2 Å². The van der Waals surface area contributed by atoms with Gasteiger partial charge in [0.1, 0.15) is 0 Å². The van der Waals surface area contributed by atoms with Gasteiger partial charge >= 0.3 is 0 Å². The highest BCUT2D eigenvalue weighted by Crippen LogP contribution is 2.00. The molecule has 0 atom stereocenters. The van der Waals surface area contributed by atoms with Crippen molar-refractivity contribution in [2.75, 3.05) is 0 Å². The van der Waals surface area contributed by atoms with Crippen LogP contribution in [0.5, 0.6) is 0 Å². The molecule has 0 N–H and O–H groups in total. The van der Waals surface area contributed by atoms with E-state index < -0.39 is 0 Å². The zero-order valence-corrected chi connectivity index (χ0v) is 10.9. The summed E-state index contributed by atoms with van der Waals surface area (Å²) in [6.45, 7) is 0. The molecule has 0 amide bonds. The lowest BCUT2D eigenvalue weighted by Crippen LogP contribution is -1.73. The number of unbranched alkanes of at least 4 members (excludes halogenated alkanes) is 8. The number of hydrogen-bond acceptors (Lipinski definition) is 4. The summed E-state index contributed by atoms with van der Waals surface area (Å²) in [5.41, 5.74) is 0. The van der Waals surface area contributed by atoms with Crippen molar-refractivity contribution in [3.8, 4) is 24.3 Å². The molecule has 18 heavy (non-hydrogen) atoms. The first-order valence-electron chi connectivity index (χ1n) is 6.31. The maximum Gasteiger partial charge on any atom is 0.0621 e. The molecule has 4 heteroatoms. The summed E-state index contributed by atoms with van der Waals surface area (Å²) >= 11 is 0. The lowest BCUT2D eigenvalue weighted by atomic mass is 10.2. The number of nitriles is 4. The van der Waals surface area contributed by atoms with E-state index in [0.717, 1.165) is 38.5 Å². The van der Waals surface area contributed by atoms with Crippen LogP contribution in [0.4, 0.5) is 0 Å². The van der Waals surface area contributed by atoms with Gasteiger partial charge in [-0.2, -0.15) is 21.0 Å². The Kier molecular flexibility index (Phi) is 20.8. The molecule has 0 unspecified atom stereocenters. The topological polar surface area (TPSA) is 95.2 Å². The Morgan fingerprint density at radius 1 is 0.389 bits per heavy atom. The van der Waals surface area contributed by atoms with Crippen molar-refractivity contribution in [3.05, 3.63) is 0 Å². The molecule has 0 fully saturated rings. The van der Waals surface area contributed by atoms with Gasteiger partial charge in [-0.1, -0.05) is 12.8 Å². The van der Waals surface area contributed by atoms with Gasteiger partial charge in [0.05, 0.1) is 24.3 Å². The van der Waals surface area contributed by atoms with Crippen molar-refractivity contribution < 1.29 is 0 Å². The highest BCUT2D eigenvalue weighted by molar-refractivity contribution is 4.71. The highest BCUT2D eigenvalue weighted by Gasteiger charge is 1.86. The minimum Gasteiger partial charge on any atom is -0.198 e. The highest BCUT2D eigenvalue weighted by atomic mass is 14.2. The molecule has 0 aliphatic rings. The van der Waals surface area contributed by atoms with Crippen LogP contribution >= 0.6 is 0 Å². The van der Waals surface area contributed by atoms with Gasteiger partial charge < -0.3 is 0 Å². The van der Waals surface area contributed by atoms with E-state index in [9.17, 15) is 0 Å². The zero-order valence-electron chi connectivity index (χ0n) is 10.9. The van der Waals surface area contributed by atoms with Crippen molar-refractivity contribution in [2.24, 2.45) is 0 Å². The largest absolute Gasteiger partial charge is 0.198 e. The Bertz CT molecular complexity index is 256. The Morgan fingerprint density at radius 2 is 0.611 bits per heavy atom. The third kappa shape index (κ3) is 23.6. The second kappa shape index (κ2) is 20.4. The Hall–Kier alpha value is -2.04. The van der Waals surface area contributed by atoms with Crippen molar-refractivity contribution >= 4 is 0 Å². The summed E-state index contributed by atoms with van der Waals surface area (Å²) in [4.78, 5) is 0. The minimum absolute atomic E-state index is 0.630. The van der Waals surface area contributed by atoms with Gasteiger partial charge in [0.25, 0.3) is 0 Å². The van der Waals surface area contributed by atoms with Crippen LogP contribution in [0.3, 0.4) is 0 Å². The first-order chi connectivity index (χ1) is 8.83. The standard InChI is InChI=1S/2C7H10N2/c2*8-6-4-2-1-3-5-7-9/h2*1-5H2. The van der Waals surface area contributed by atoms with Crippen LogP contribution < -0.4 is 0 Å². The second-order valence-corrected chi connectivity index (χ2v) is 3.75. The molecule has 0 aliphatic heterocycles. The minimum atomic E-state index is 0.630. The van der Waals surface area contributed by atoms with E-state index >= 15 is 0 Å². The maximum atomic E-state index is 8.11. The van der Waals surface area contributed by atoms with Gasteiger partial charge in [-0.25, -0.2) is 0 Å². The number of rotatable bonds is 8. The number of hydrogen-bond donors (Lipinski definition) is 0. The van der Waals surface area contributed by atoms with Crippen molar-refractivity contribution in [3.63, 3.8) is 0 Å². The first-order valence-corrected chi connectivity index (χ1v) is 6.31. The molecule has 4 nitrogen and oxygen atoms in total. The van der Waals surface area contributed by atoms with Crippen LogP contribution in [-0.2, 0) is 0 Å². The third-order valence-electron chi connectivity index (χ3n) is 2.15. The fraction of sp³-hybridized carbons (Fsp3) is 0.714. The summed E-state index contributed by atoms with van der Waals surface area (Å²) in [5, 5.41) is 32.4. The molecule has 0 aliphatic carbocycles. The predicted octanol–water partition coefficient (Wildman–Crippen LogP) is 3.97. The molecule has 96 valence electrons. The van der Waals surface area contributed by atoms with Crippen LogP contribution in [-0.4, -0.2) is 0 Å². The van der Waals surface area contributed by atoms with Gasteiger partial charge in [-0.3, -0.25) is 0 Å². The maximum absolute atomic E-state index is 8.11. The molecule has 0 radical (unpaired) electrons. The molecule has 0 bridgehead atoms. The summed E-state index contributed by atoms with van der Waals surface area (Å²) in [6.07, 6.45) is 8.32. The normalized spacial score (nSPS) is 7.78. The summed E-state index contributed by atoms with van der Waals surface area (Å²) in [5.74, 6) is 0. The average molecular weight is 244 g/mol. The van der Waals surface area contributed by atoms with Crippen LogP contribution in [0, 0.1) is 45.3 Å². The molecule has 0 rings (SSSR count). The molecule has 0 spiro atoms. The van der Waals surface area contributed by atoms with E-state index in [1.165, 1.54) is 0 Å². The lowest BCUT2D eigenvalue weighted by molar-refractivity contribution is 0.704. The zero-order chi connectivity index (χ0) is 13.9. The lowest BCUT2D eigenvalue weighted by Gasteiger charge is -1.88. The van der Waals surface area contributed by atoms with E-state index in [0.29, 0.717) is 25.7 Å². The summed E-state index contributed by atoms with van der Waals surface area (Å²) < 4.78 is 0. The average Bonchev–Trinajstić information content (AvgIpc) is 2.39.